The van der Waals surface area contributed by atoms with E-state index >= 15 is 0 Å². The topological polar surface area (TPSA) is 211 Å². The zero-order valence-corrected chi connectivity index (χ0v) is 30.0. The average molecular weight is 670 g/mol. The van der Waals surface area contributed by atoms with Crippen LogP contribution in [0.3, 0.4) is 0 Å². The molecule has 0 amide bonds. The molecular weight excluding hydrogens is 630 g/mol. The molecule has 0 aromatic heterocycles. The number of nitrogens with zero attached hydrogens (tertiary/aromatic N) is 1. The van der Waals surface area contributed by atoms with Crippen molar-refractivity contribution in [1.29, 1.82) is 5.26 Å². The Hall–Kier alpha value is 0.405. The van der Waals surface area contributed by atoms with Crippen molar-refractivity contribution in [3.05, 3.63) is 42.5 Å². The van der Waals surface area contributed by atoms with Crippen molar-refractivity contribution in [2.45, 2.75) is 66.9 Å². The third-order valence-corrected chi connectivity index (χ3v) is 4.00. The molecule has 0 fully saturated rings. The van der Waals surface area contributed by atoms with Crippen LogP contribution in [0.2, 0.25) is 0 Å². The van der Waals surface area contributed by atoms with Gasteiger partial charge in [-0.1, -0.05) is 78.3 Å². The Bertz CT molecular complexity index is 645. The molecule has 2 atom stereocenters. The third-order valence-electron chi connectivity index (χ3n) is 4.00. The first-order valence-electron chi connectivity index (χ1n) is 10.9. The Morgan fingerprint density at radius 1 is 0.974 bits per heavy atom. The number of rotatable bonds is 9. The summed E-state index contributed by atoms with van der Waals surface area (Å²) in [7, 11) is 0. The van der Waals surface area contributed by atoms with Crippen LogP contribution >= 0.6 is 0 Å². The molecule has 0 saturated carbocycles. The summed E-state index contributed by atoms with van der Waals surface area (Å²) < 4.78 is 34.5. The summed E-state index contributed by atoms with van der Waals surface area (Å²) in [5, 5.41) is 32.3. The summed E-state index contributed by atoms with van der Waals surface area (Å²) in [6, 6.07) is 9.84. The molecule has 1 aromatic rings. The van der Waals surface area contributed by atoms with Gasteiger partial charge in [-0.3, -0.25) is 18.5 Å². The Balaban J connectivity index is -0.0000000738. The van der Waals surface area contributed by atoms with Crippen molar-refractivity contribution in [2.75, 3.05) is 6.61 Å². The van der Waals surface area contributed by atoms with Crippen LogP contribution in [0.15, 0.2) is 30.3 Å². The molecule has 207 valence electrons. The summed E-state index contributed by atoms with van der Waals surface area (Å²) >= 11 is -5.94. The van der Waals surface area contributed by atoms with Crippen molar-refractivity contribution in [1.82, 2.24) is 0 Å². The number of hydrogen-bond donors (Lipinski definition) is 3. The maximum atomic E-state index is 11.1. The van der Waals surface area contributed by atoms with Crippen LogP contribution in [-0.2, 0) is 16.0 Å². The first-order valence-corrected chi connectivity index (χ1v) is 14.4. The van der Waals surface area contributed by atoms with Gasteiger partial charge in [-0.25, -0.2) is 0 Å². The predicted molar refractivity (Wildman–Crippen MR) is 125 cm³/mol. The van der Waals surface area contributed by atoms with Gasteiger partial charge in [0.15, 0.2) is 0 Å². The van der Waals surface area contributed by atoms with E-state index in [2.05, 4.69) is 13.8 Å². The van der Waals surface area contributed by atoms with Gasteiger partial charge >= 0.3 is 65.1 Å². The number of aliphatic hydroxyl groups excluding tert-OH is 2. The Kier molecular flexibility index (Phi) is 50.8. The van der Waals surface area contributed by atoms with Crippen molar-refractivity contribution in [2.24, 2.45) is 23.7 Å². The molecule has 0 aliphatic heterocycles. The number of carbonyl (C=O) groups excluding carboxylic acids is 1. The van der Waals surface area contributed by atoms with E-state index in [0.717, 1.165) is 24.7 Å². The van der Waals surface area contributed by atoms with Gasteiger partial charge in [-0.05, 0) is 30.2 Å². The normalized spacial score (nSPS) is 10.9. The number of aliphatic carboxylic acids is 1. The van der Waals surface area contributed by atoms with Gasteiger partial charge in [-0.2, -0.15) is 0 Å². The molecule has 0 spiro atoms. The first kappa shape index (κ1) is 54.5. The fraction of sp³-hybridized carbons (Fsp3) is 0.625. The summed E-state index contributed by atoms with van der Waals surface area (Å²) in [5.74, 6) is 0.0203. The maximum absolute atomic E-state index is 11.1. The standard InChI is InChI=1S/C14H20O2.C5H12O2.C4H8O.CN.B.IO4.2Na/c1-11(2)8-9-13(14(15)16)10-12-6-4-3-5-7-12;1-4(2)5(7)3-6;1-4(2)3-5;1-2;;2-1(3,4)5;;/h3-7,11,13H,8-10H2,1-2H3,(H,15,16);4-7H,3H2,1-2H3;3-4H,1-2H3;;;;;/q;;;-1;;-1;2*+1/t13-;;;;;;;/m0......./s1. The quantitative estimate of drug-likeness (QED) is 0.0978. The second kappa shape index (κ2) is 35.4. The predicted octanol–water partition coefficient (Wildman–Crippen LogP) is -9.83. The van der Waals surface area contributed by atoms with E-state index in [1.807, 2.05) is 58.0 Å². The molecule has 14 heteroatoms. The Morgan fingerprint density at radius 2 is 1.34 bits per heavy atom. The molecule has 3 N–H and O–H groups in total. The number of aliphatic hydroxyl groups is 2. The van der Waals surface area contributed by atoms with E-state index < -0.39 is 32.2 Å². The SMILES string of the molecule is CC(C)C(O)CO.CC(C)C=O.CC(C)CC[C@@H](Cc1ccccc1)C(=O)O.[B].[C-]#N.[Na+].[Na+].[O-][I+3]([O-])([O-])[O-]. The number of benzene rings is 1. The van der Waals surface area contributed by atoms with Crippen molar-refractivity contribution < 1.29 is 118 Å². The van der Waals surface area contributed by atoms with Gasteiger partial charge in [0.1, 0.15) is 26.4 Å². The number of hydrogen-bond acceptors (Lipinski definition) is 9. The van der Waals surface area contributed by atoms with Crippen molar-refractivity contribution >= 4 is 20.7 Å². The number of carboxylic acids is 1. The molecule has 0 heterocycles. The number of carbonyl (C=O) groups is 2. The summed E-state index contributed by atoms with van der Waals surface area (Å²) in [4.78, 5) is 20.6. The molecule has 38 heavy (non-hydrogen) atoms. The van der Waals surface area contributed by atoms with Gasteiger partial charge in [0.05, 0.1) is 18.6 Å². The molecule has 0 saturated heterocycles. The maximum Gasteiger partial charge on any atom is 1.00 e. The van der Waals surface area contributed by atoms with Gasteiger partial charge in [0.25, 0.3) is 0 Å². The smallest absolute Gasteiger partial charge is 0.512 e. The van der Waals surface area contributed by atoms with E-state index in [4.69, 9.17) is 40.9 Å². The zero-order valence-electron chi connectivity index (χ0n) is 23.9. The molecule has 3 radical (unpaired) electrons. The largest absolute Gasteiger partial charge is 1.00 e. The fourth-order valence-electron chi connectivity index (χ4n) is 1.96. The van der Waals surface area contributed by atoms with Gasteiger partial charge in [0, 0.05) is 14.3 Å². The Labute approximate surface area is 280 Å². The number of halogens is 1. The van der Waals surface area contributed by atoms with Crippen LogP contribution in [-0.4, -0.2) is 48.7 Å². The van der Waals surface area contributed by atoms with E-state index in [1.54, 1.807) is 0 Å². The third kappa shape index (κ3) is 52.8. The van der Waals surface area contributed by atoms with E-state index in [9.17, 15) is 9.59 Å². The summed E-state index contributed by atoms with van der Waals surface area (Å²) in [6.45, 7) is 16.3. The second-order valence-electron chi connectivity index (χ2n) is 8.45. The number of aldehydes is 1. The fourth-order valence-corrected chi connectivity index (χ4v) is 1.96. The van der Waals surface area contributed by atoms with Crippen LogP contribution in [0.25, 0.3) is 0 Å². The molecule has 1 rings (SSSR count). The zero-order chi connectivity index (χ0) is 28.6. The van der Waals surface area contributed by atoms with Crippen LogP contribution in [0.1, 0.15) is 59.9 Å². The van der Waals surface area contributed by atoms with Crippen molar-refractivity contribution in [3.63, 3.8) is 0 Å². The van der Waals surface area contributed by atoms with Crippen LogP contribution < -0.4 is 93.0 Å². The summed E-state index contributed by atoms with van der Waals surface area (Å²) in [5.41, 5.74) is 1.11. The first-order chi connectivity index (χ1) is 16.0. The van der Waals surface area contributed by atoms with Gasteiger partial charge in [-0.15, -0.1) is 0 Å². The van der Waals surface area contributed by atoms with E-state index in [-0.39, 0.29) is 91.9 Å². The molecule has 0 aliphatic carbocycles. The van der Waals surface area contributed by atoms with Gasteiger partial charge < -0.3 is 31.9 Å². The minimum atomic E-state index is -5.94. The van der Waals surface area contributed by atoms with E-state index in [0.29, 0.717) is 12.3 Å². The molecule has 0 aliphatic rings. The van der Waals surface area contributed by atoms with Crippen LogP contribution in [0.4, 0.5) is 0 Å². The molecule has 0 bridgehead atoms. The van der Waals surface area contributed by atoms with Crippen molar-refractivity contribution in [3.8, 4) is 0 Å². The molecule has 1 aromatic carbocycles. The minimum absolute atomic E-state index is 0. The minimum Gasteiger partial charge on any atom is -0.512 e. The molecule has 10 nitrogen and oxygen atoms in total. The number of carboxylic acid groups (broad SMARTS) is 1. The van der Waals surface area contributed by atoms with Crippen LogP contribution in [0, 0.1) is 35.5 Å². The molecule has 1 unspecified atom stereocenters. The monoisotopic (exact) mass is 670 g/mol. The van der Waals surface area contributed by atoms with Gasteiger partial charge in [0.2, 0.25) is 0 Å². The Morgan fingerprint density at radius 3 is 1.55 bits per heavy atom. The van der Waals surface area contributed by atoms with E-state index in [1.165, 1.54) is 0 Å². The second-order valence-corrected chi connectivity index (χ2v) is 10.6. The summed E-state index contributed by atoms with van der Waals surface area (Å²) in [6.07, 6.45) is 2.76. The average Bonchev–Trinajstić information content (AvgIpc) is 2.77. The molecular formula is C24H40BINNa2O9. The van der Waals surface area contributed by atoms with Crippen LogP contribution in [0.5, 0.6) is 0 Å².